The highest BCUT2D eigenvalue weighted by Gasteiger charge is 2.23. The van der Waals surface area contributed by atoms with Gasteiger partial charge in [0.25, 0.3) is 0 Å². The molecule has 0 spiro atoms. The van der Waals surface area contributed by atoms with Gasteiger partial charge in [0.1, 0.15) is 23.3 Å². The number of nitrogens with one attached hydrogen (secondary N) is 6. The molecule has 0 aliphatic rings. The monoisotopic (exact) mass is 1860 g/mol. The van der Waals surface area contributed by atoms with Gasteiger partial charge in [0.05, 0.1) is 91.7 Å². The Balaban J connectivity index is 0.000000204. The van der Waals surface area contributed by atoms with Gasteiger partial charge in [-0.2, -0.15) is 0 Å². The second kappa shape index (κ2) is 44.0. The van der Waals surface area contributed by atoms with Crippen molar-refractivity contribution in [2.75, 3.05) is 71.5 Å². The standard InChI is InChI=1S/2C16H19BrN2O2.2C16H19ClN2O2.2C16H20N2O2/c1-5-21-15(20)19-14-12(17)9-10-8-11(16(2,3)4)6-7-13(10)18-14;1-5-21-15(20)19-14-12(17)8-10-6-7-11(16(2,3)4)9-13(10)18-14;1-5-21-15(20)19-14-12(17)9-10-8-11(16(2,3)4)6-7-13(10)18-14;1-5-21-15(20)19-14-12(17)8-10-6-7-11(16(2,3)4)9-13(10)18-14;1-5-20-15(19)18-14-9-6-11-10-12(16(2,3)4)7-8-13(11)17-14;1-5-20-15(19)18-14-9-7-11-6-8-12(16(2,3)4)10-13(11)17-14/h4*6-9H,5H2,1-4H3,(H,18,19,20);2*6-10H,5H2,1-4H3,(H,17,18,19). The predicted octanol–water partition coefficient (Wildman–Crippen LogP) is 27.4. The minimum atomic E-state index is -0.558. The zero-order valence-corrected chi connectivity index (χ0v) is 80.0. The summed E-state index contributed by atoms with van der Waals surface area (Å²) in [5.74, 6) is 2.55. The summed E-state index contributed by atoms with van der Waals surface area (Å²) in [6, 6.07) is 51.8. The molecule has 28 heteroatoms. The summed E-state index contributed by atoms with van der Waals surface area (Å²) in [6.45, 7) is 51.4. The van der Waals surface area contributed by atoms with Crippen LogP contribution in [-0.2, 0) is 60.9 Å². The van der Waals surface area contributed by atoms with E-state index in [0.29, 0.717) is 84.6 Å². The molecule has 0 fully saturated rings. The Kier molecular flexibility index (Phi) is 35.5. The topological polar surface area (TPSA) is 307 Å². The molecule has 6 aromatic heterocycles. The van der Waals surface area contributed by atoms with Crippen molar-refractivity contribution >= 4 is 192 Å². The zero-order chi connectivity index (χ0) is 92.0. The predicted molar refractivity (Wildman–Crippen MR) is 512 cm³/mol. The second-order valence-electron chi connectivity index (χ2n) is 34.7. The molecular weight excluding hydrogens is 1740 g/mol. The molecule has 6 heterocycles. The lowest BCUT2D eigenvalue weighted by Crippen LogP contribution is -2.15. The van der Waals surface area contributed by atoms with E-state index >= 15 is 0 Å². The zero-order valence-electron chi connectivity index (χ0n) is 75.3. The molecule has 0 bridgehead atoms. The number of anilines is 6. The van der Waals surface area contributed by atoms with Gasteiger partial charge in [0.2, 0.25) is 0 Å². The molecule has 0 unspecified atom stereocenters. The van der Waals surface area contributed by atoms with Crippen molar-refractivity contribution in [2.24, 2.45) is 0 Å². The average Bonchev–Trinajstić information content (AvgIpc) is 0.832. The van der Waals surface area contributed by atoms with Crippen LogP contribution in [0.25, 0.3) is 65.4 Å². The van der Waals surface area contributed by atoms with Gasteiger partial charge < -0.3 is 28.4 Å². The first-order chi connectivity index (χ1) is 58.0. The fourth-order valence-corrected chi connectivity index (χ4v) is 13.0. The molecule has 0 radical (unpaired) electrons. The summed E-state index contributed by atoms with van der Waals surface area (Å²) in [5, 5.41) is 22.4. The third kappa shape index (κ3) is 30.1. The number of ether oxygens (including phenoxy) is 6. The Morgan fingerprint density at radius 1 is 0.258 bits per heavy atom. The van der Waals surface area contributed by atoms with Gasteiger partial charge in [0, 0.05) is 32.3 Å². The van der Waals surface area contributed by atoms with Crippen LogP contribution in [-0.4, -0.2) is 106 Å². The third-order valence-corrected chi connectivity index (χ3v) is 20.4. The number of halogens is 4. The number of carbonyl (C=O) groups is 6. The van der Waals surface area contributed by atoms with E-state index in [9.17, 15) is 28.8 Å². The van der Waals surface area contributed by atoms with E-state index in [1.807, 2.05) is 66.7 Å². The number of fused-ring (bicyclic) bond motifs is 6. The van der Waals surface area contributed by atoms with E-state index in [2.05, 4.69) is 285 Å². The molecule has 0 saturated carbocycles. The summed E-state index contributed by atoms with van der Waals surface area (Å²) < 4.78 is 30.6. The summed E-state index contributed by atoms with van der Waals surface area (Å²) in [6.07, 6.45) is -3.08. The van der Waals surface area contributed by atoms with Crippen molar-refractivity contribution in [2.45, 2.75) is 199 Å². The van der Waals surface area contributed by atoms with Gasteiger partial charge in [0.15, 0.2) is 11.6 Å². The number of aromatic nitrogens is 6. The lowest BCUT2D eigenvalue weighted by molar-refractivity contribution is 0.167. The molecule has 6 aromatic carbocycles. The van der Waals surface area contributed by atoms with Gasteiger partial charge >= 0.3 is 36.6 Å². The van der Waals surface area contributed by atoms with Crippen LogP contribution in [0, 0.1) is 0 Å². The van der Waals surface area contributed by atoms with Crippen LogP contribution >= 0.6 is 55.1 Å². The molecule has 0 atom stereocenters. The molecule has 660 valence electrons. The fourth-order valence-electron chi connectivity index (χ4n) is 11.7. The molecular formula is C96H116Br2Cl2N12O12. The molecule has 0 saturated heterocycles. The first kappa shape index (κ1) is 100. The van der Waals surface area contributed by atoms with Crippen LogP contribution in [0.4, 0.5) is 63.7 Å². The van der Waals surface area contributed by atoms with Crippen molar-refractivity contribution in [1.29, 1.82) is 0 Å². The maximum atomic E-state index is 11.5. The Bertz CT molecular complexity index is 5560. The first-order valence-electron chi connectivity index (χ1n) is 40.9. The van der Waals surface area contributed by atoms with E-state index in [0.717, 1.165) is 74.4 Å². The second-order valence-corrected chi connectivity index (χ2v) is 37.2. The summed E-state index contributed by atoms with van der Waals surface area (Å²) in [5.41, 5.74) is 12.7. The maximum Gasteiger partial charge on any atom is 0.412 e. The Hall–Kier alpha value is -11.1. The highest BCUT2D eigenvalue weighted by atomic mass is 79.9. The SMILES string of the molecule is CCOC(=O)Nc1ccc2cc(C(C)(C)C)ccc2n1.CCOC(=O)Nc1ccc2ccc(C(C)(C)C)cc2n1.CCOC(=O)Nc1nc2cc(C(C)(C)C)ccc2cc1Br.CCOC(=O)Nc1nc2cc(C(C)(C)C)ccc2cc1Cl.CCOC(=O)Nc1nc2ccc(C(C)(C)C)cc2cc1Br.CCOC(=O)Nc1nc2ccc(C(C)(C)C)cc2cc1Cl. The highest BCUT2D eigenvalue weighted by molar-refractivity contribution is 9.11. The number of pyridine rings is 6. The van der Waals surface area contributed by atoms with E-state index in [4.69, 9.17) is 51.6 Å². The van der Waals surface area contributed by atoms with Crippen LogP contribution < -0.4 is 31.9 Å². The molecule has 12 aromatic rings. The number of carbonyl (C=O) groups excluding carboxylic acids is 6. The van der Waals surface area contributed by atoms with Crippen molar-refractivity contribution in [1.82, 2.24) is 29.9 Å². The number of nitrogens with zero attached hydrogens (tertiary/aromatic N) is 6. The molecule has 6 amide bonds. The summed E-state index contributed by atoms with van der Waals surface area (Å²) >= 11 is 19.2. The number of hydrogen-bond donors (Lipinski definition) is 6. The van der Waals surface area contributed by atoms with E-state index < -0.39 is 36.6 Å². The maximum absolute atomic E-state index is 11.5. The minimum Gasteiger partial charge on any atom is -0.450 e. The third-order valence-electron chi connectivity index (χ3n) is 18.7. The van der Waals surface area contributed by atoms with Crippen LogP contribution in [0.1, 0.15) is 200 Å². The molecule has 12 rings (SSSR count). The van der Waals surface area contributed by atoms with Crippen molar-refractivity contribution in [3.63, 3.8) is 0 Å². The number of benzene rings is 6. The lowest BCUT2D eigenvalue weighted by atomic mass is 9.86. The van der Waals surface area contributed by atoms with Gasteiger partial charge in [-0.15, -0.1) is 0 Å². The Morgan fingerprint density at radius 3 is 0.831 bits per heavy atom. The molecule has 0 aliphatic carbocycles. The largest absolute Gasteiger partial charge is 0.450 e. The highest BCUT2D eigenvalue weighted by Crippen LogP contribution is 2.36. The quantitative estimate of drug-likeness (QED) is 0.0619. The van der Waals surface area contributed by atoms with Crippen LogP contribution in [0.5, 0.6) is 0 Å². The Labute approximate surface area is 754 Å². The van der Waals surface area contributed by atoms with E-state index in [1.54, 1.807) is 65.8 Å². The van der Waals surface area contributed by atoms with Gasteiger partial charge in [-0.05, 0) is 242 Å². The average molecular weight is 1860 g/mol. The van der Waals surface area contributed by atoms with E-state index in [-0.39, 0.29) is 32.5 Å². The summed E-state index contributed by atoms with van der Waals surface area (Å²) in [7, 11) is 0. The smallest absolute Gasteiger partial charge is 0.412 e. The van der Waals surface area contributed by atoms with Crippen LogP contribution in [0.15, 0.2) is 167 Å². The van der Waals surface area contributed by atoms with Crippen LogP contribution in [0.3, 0.4) is 0 Å². The van der Waals surface area contributed by atoms with Gasteiger partial charge in [-0.3, -0.25) is 31.9 Å². The van der Waals surface area contributed by atoms with Crippen molar-refractivity contribution in [3.05, 3.63) is 210 Å². The van der Waals surface area contributed by atoms with Gasteiger partial charge in [-0.25, -0.2) is 58.7 Å². The number of rotatable bonds is 12. The molecule has 6 N–H and O–H groups in total. The number of amides is 6. The summed E-state index contributed by atoms with van der Waals surface area (Å²) in [4.78, 5) is 95.4. The Morgan fingerprint density at radius 2 is 0.476 bits per heavy atom. The molecule has 0 aliphatic heterocycles. The lowest BCUT2D eigenvalue weighted by Gasteiger charge is -2.19. The van der Waals surface area contributed by atoms with Crippen molar-refractivity contribution in [3.8, 4) is 0 Å². The van der Waals surface area contributed by atoms with Crippen LogP contribution in [0.2, 0.25) is 10.0 Å². The van der Waals surface area contributed by atoms with Crippen molar-refractivity contribution < 1.29 is 57.2 Å². The van der Waals surface area contributed by atoms with E-state index in [1.165, 1.54) is 33.4 Å². The normalized spacial score (nSPS) is 11.5. The molecule has 24 nitrogen and oxygen atoms in total. The van der Waals surface area contributed by atoms with Gasteiger partial charge in [-0.1, -0.05) is 202 Å². The minimum absolute atomic E-state index is 0.0320. The molecule has 124 heavy (non-hydrogen) atoms. The first-order valence-corrected chi connectivity index (χ1v) is 43.3. The fraction of sp³-hybridized carbons (Fsp3) is 0.375. The number of hydrogen-bond acceptors (Lipinski definition) is 18.